The first-order valence-corrected chi connectivity index (χ1v) is 21.8. The molecule has 5 nitrogen and oxygen atoms in total. The Kier molecular flexibility index (Phi) is 8.68. The third-order valence-electron chi connectivity index (χ3n) is 13.4. The van der Waals surface area contributed by atoms with Gasteiger partial charge in [-0.25, -0.2) is 0 Å². The molecule has 2 aliphatic heterocycles. The maximum Gasteiger partial charge on any atom is 0.304 e. The maximum absolute atomic E-state index is 9.94. The van der Waals surface area contributed by atoms with Gasteiger partial charge in [0.1, 0.15) is 22.5 Å². The minimum absolute atomic E-state index is 0.157. The van der Waals surface area contributed by atoms with Crippen LogP contribution in [0.25, 0.3) is 78.1 Å². The van der Waals surface area contributed by atoms with Crippen molar-refractivity contribution in [2.24, 2.45) is 0 Å². The number of para-hydroxylation sites is 2. The average Bonchev–Trinajstić information content (AvgIpc) is 3.83. The van der Waals surface area contributed by atoms with E-state index in [2.05, 4.69) is 175 Å². The number of hydrogen-bond donors (Lipinski definition) is 0. The molecule has 0 aliphatic carbocycles. The Morgan fingerprint density at radius 2 is 1.48 bits per heavy atom. The first-order chi connectivity index (χ1) is 29.8. The first kappa shape index (κ1) is 37.0. The predicted molar refractivity (Wildman–Crippen MR) is 247 cm³/mol. The average molecular weight is 793 g/mol. The third kappa shape index (κ3) is 5.73. The van der Waals surface area contributed by atoms with Crippen LogP contribution in [0.1, 0.15) is 92.1 Å². The van der Waals surface area contributed by atoms with Gasteiger partial charge in [0.05, 0.1) is 18.1 Å². The molecular formula is C56H48N4O+2. The van der Waals surface area contributed by atoms with Crippen molar-refractivity contribution < 1.29 is 13.6 Å². The highest BCUT2D eigenvalue weighted by molar-refractivity contribution is 6.10. The van der Waals surface area contributed by atoms with Gasteiger partial charge in [-0.15, -0.1) is 0 Å². The summed E-state index contributed by atoms with van der Waals surface area (Å²) in [6, 6.07) is 53.0. The van der Waals surface area contributed by atoms with Gasteiger partial charge in [0.25, 0.3) is 0 Å². The van der Waals surface area contributed by atoms with E-state index in [9.17, 15) is 5.26 Å². The van der Waals surface area contributed by atoms with Crippen molar-refractivity contribution in [2.45, 2.75) is 70.8 Å². The molecule has 6 aromatic carbocycles. The normalized spacial score (nSPS) is 16.0. The molecule has 2 aliphatic rings. The van der Waals surface area contributed by atoms with Crippen LogP contribution in [-0.4, -0.2) is 4.57 Å². The summed E-state index contributed by atoms with van der Waals surface area (Å²) in [6.45, 7) is 14.4. The van der Waals surface area contributed by atoms with Crippen molar-refractivity contribution >= 4 is 38.7 Å². The second kappa shape index (κ2) is 14.3. The van der Waals surface area contributed by atoms with Crippen LogP contribution >= 0.6 is 0 Å². The van der Waals surface area contributed by atoms with E-state index in [1.54, 1.807) is 0 Å². The van der Waals surface area contributed by atoms with E-state index in [1.807, 2.05) is 18.2 Å². The number of nitriles is 1. The molecular weight excluding hydrogens is 745 g/mol. The van der Waals surface area contributed by atoms with Crippen LogP contribution < -0.4 is 9.13 Å². The SMILES string of the molecule is C=C1CC2C(CCc3ccc4c(oc5cc(C#N)ccc54)c3-c3n1c1ccccc1[n+]3-c1c(C(C)C)cc(-c3ccccc3)cc1C(C)C)c1ccccc1-c1cccc[n+]12. The number of furan rings is 1. The highest BCUT2D eigenvalue weighted by atomic mass is 16.3. The summed E-state index contributed by atoms with van der Waals surface area (Å²) < 4.78 is 14.6. The molecule has 5 heterocycles. The summed E-state index contributed by atoms with van der Waals surface area (Å²) in [7, 11) is 0. The van der Waals surface area contributed by atoms with E-state index in [0.29, 0.717) is 5.56 Å². The highest BCUT2D eigenvalue weighted by Crippen LogP contribution is 2.48. The molecule has 5 heteroatoms. The molecule has 0 radical (unpaired) electrons. The lowest BCUT2D eigenvalue weighted by molar-refractivity contribution is -0.717. The summed E-state index contributed by atoms with van der Waals surface area (Å²) >= 11 is 0. The van der Waals surface area contributed by atoms with Gasteiger partial charge in [-0.05, 0) is 102 Å². The number of nitrogens with zero attached hydrogens (tertiary/aromatic N) is 4. The molecule has 0 N–H and O–H groups in total. The predicted octanol–water partition coefficient (Wildman–Crippen LogP) is 13.4. The Labute approximate surface area is 357 Å². The second-order valence-corrected chi connectivity index (χ2v) is 17.6. The molecule has 0 fully saturated rings. The van der Waals surface area contributed by atoms with E-state index >= 15 is 0 Å². The minimum Gasteiger partial charge on any atom is -0.455 e. The Balaban J connectivity index is 1.28. The minimum atomic E-state index is 0.157. The number of imidazole rings is 1. The van der Waals surface area contributed by atoms with Crippen LogP contribution in [0.15, 0.2) is 157 Å². The van der Waals surface area contributed by atoms with Gasteiger partial charge in [0.15, 0.2) is 28.9 Å². The summed E-state index contributed by atoms with van der Waals surface area (Å²) in [5.74, 6) is 1.76. The topological polar surface area (TPSA) is 49.6 Å². The summed E-state index contributed by atoms with van der Waals surface area (Å²) in [5, 5.41) is 12.0. The largest absolute Gasteiger partial charge is 0.455 e. The van der Waals surface area contributed by atoms with Gasteiger partial charge in [0, 0.05) is 45.5 Å². The van der Waals surface area contributed by atoms with Gasteiger partial charge >= 0.3 is 5.82 Å². The molecule has 0 saturated heterocycles. The van der Waals surface area contributed by atoms with Gasteiger partial charge in [0.2, 0.25) is 5.69 Å². The number of aromatic nitrogens is 3. The fraction of sp³-hybridized carbons (Fsp3) is 0.196. The van der Waals surface area contributed by atoms with E-state index in [1.165, 1.54) is 50.3 Å². The zero-order valence-corrected chi connectivity index (χ0v) is 35.2. The van der Waals surface area contributed by atoms with Crippen LogP contribution in [0, 0.1) is 11.3 Å². The van der Waals surface area contributed by atoms with E-state index in [-0.39, 0.29) is 23.8 Å². The Bertz CT molecular complexity index is 3250. The van der Waals surface area contributed by atoms with E-state index in [4.69, 9.17) is 11.0 Å². The van der Waals surface area contributed by atoms with Crippen LogP contribution in [0.5, 0.6) is 0 Å². The summed E-state index contributed by atoms with van der Waals surface area (Å²) in [5.41, 5.74) is 17.9. The van der Waals surface area contributed by atoms with Crippen molar-refractivity contribution in [3.63, 3.8) is 0 Å². The molecule has 0 spiro atoms. The van der Waals surface area contributed by atoms with Crippen molar-refractivity contribution in [3.05, 3.63) is 180 Å². The Morgan fingerprint density at radius 3 is 2.26 bits per heavy atom. The zero-order valence-electron chi connectivity index (χ0n) is 35.2. The van der Waals surface area contributed by atoms with Gasteiger partial charge in [-0.1, -0.05) is 107 Å². The van der Waals surface area contributed by atoms with Crippen molar-refractivity contribution in [2.75, 3.05) is 0 Å². The summed E-state index contributed by atoms with van der Waals surface area (Å²) in [6.07, 6.45) is 4.83. The zero-order chi connectivity index (χ0) is 41.5. The second-order valence-electron chi connectivity index (χ2n) is 17.6. The molecule has 0 saturated carbocycles. The standard InChI is InChI=1S/C56H48N4O/c1-34(2)46-31-40(38-15-7-6-8-16-38)32-47(35(3)4)54(46)60-50-21-12-11-20-49(50)59-36(5)29-51-43(41-17-9-10-18-42(41)48-19-13-14-28-58(48)51)26-23-39-24-27-45-44-25-22-37(33-57)30-52(44)61-55(45)53(39)56(59)60/h6-22,24-25,27-28,30-32,34-35,43,51H,5,23,26,29H2,1-4H3/q+2. The molecule has 3 aromatic heterocycles. The quantitative estimate of drug-likeness (QED) is 0.167. The number of aryl methyl sites for hydroxylation is 1. The number of pyridine rings is 1. The lowest BCUT2D eigenvalue weighted by atomic mass is 9.77. The van der Waals surface area contributed by atoms with E-state index < -0.39 is 0 Å². The molecule has 11 rings (SSSR count). The van der Waals surface area contributed by atoms with Crippen LogP contribution in [0.3, 0.4) is 0 Å². The number of rotatable bonds is 4. The van der Waals surface area contributed by atoms with Crippen molar-refractivity contribution in [1.29, 1.82) is 5.26 Å². The van der Waals surface area contributed by atoms with Crippen LogP contribution in [0.2, 0.25) is 0 Å². The van der Waals surface area contributed by atoms with Crippen molar-refractivity contribution in [3.8, 4) is 45.5 Å². The first-order valence-electron chi connectivity index (χ1n) is 21.8. The smallest absolute Gasteiger partial charge is 0.304 e. The van der Waals surface area contributed by atoms with Crippen molar-refractivity contribution in [1.82, 2.24) is 4.57 Å². The fourth-order valence-electron chi connectivity index (χ4n) is 10.6. The number of benzene rings is 6. The lowest BCUT2D eigenvalue weighted by Crippen LogP contribution is -2.47. The maximum atomic E-state index is 9.94. The lowest BCUT2D eigenvalue weighted by Gasteiger charge is -2.31. The Morgan fingerprint density at radius 1 is 0.754 bits per heavy atom. The van der Waals surface area contributed by atoms with Gasteiger partial charge in [-0.2, -0.15) is 19.0 Å². The fourth-order valence-corrected chi connectivity index (χ4v) is 10.6. The van der Waals surface area contributed by atoms with Crippen LogP contribution in [0.4, 0.5) is 0 Å². The van der Waals surface area contributed by atoms with Gasteiger partial charge < -0.3 is 4.42 Å². The molecule has 2 atom stereocenters. The molecule has 2 unspecified atom stereocenters. The number of allylic oxidation sites excluding steroid dienone is 1. The molecule has 296 valence electrons. The number of hydrogen-bond acceptors (Lipinski definition) is 2. The Hall–Kier alpha value is -7.03. The summed E-state index contributed by atoms with van der Waals surface area (Å²) in [4.78, 5) is 0. The van der Waals surface area contributed by atoms with Crippen LogP contribution in [-0.2, 0) is 6.42 Å². The highest BCUT2D eigenvalue weighted by Gasteiger charge is 2.44. The molecule has 0 amide bonds. The number of fused-ring (bicyclic) bond motifs is 15. The molecule has 9 aromatic rings. The third-order valence-corrected chi connectivity index (χ3v) is 13.4. The van der Waals surface area contributed by atoms with E-state index in [0.717, 1.165) is 69.3 Å². The molecule has 0 bridgehead atoms. The monoisotopic (exact) mass is 792 g/mol. The molecule has 61 heavy (non-hydrogen) atoms. The van der Waals surface area contributed by atoms with Gasteiger partial charge in [-0.3, -0.25) is 0 Å².